The van der Waals surface area contributed by atoms with Gasteiger partial charge < -0.3 is 5.32 Å². The monoisotopic (exact) mass is 299 g/mol. The first-order chi connectivity index (χ1) is 9.74. The Morgan fingerprint density at radius 3 is 2.33 bits per heavy atom. The third-order valence-electron chi connectivity index (χ3n) is 3.19. The van der Waals surface area contributed by atoms with Crippen molar-refractivity contribution in [2.75, 3.05) is 11.9 Å². The Balaban J connectivity index is 2.62. The molecule has 0 saturated heterocycles. The summed E-state index contributed by atoms with van der Waals surface area (Å²) in [5.74, 6) is -0.955. The van der Waals surface area contributed by atoms with E-state index in [0.29, 0.717) is 6.54 Å². The van der Waals surface area contributed by atoms with Gasteiger partial charge in [-0.2, -0.15) is 18.3 Å². The molecule has 2 aromatic rings. The molecular formula is C13H16F3N5. The van der Waals surface area contributed by atoms with Crippen molar-refractivity contribution < 1.29 is 13.2 Å². The maximum absolute atomic E-state index is 12.9. The van der Waals surface area contributed by atoms with Crippen LogP contribution in [0.5, 0.6) is 0 Å². The summed E-state index contributed by atoms with van der Waals surface area (Å²) in [5, 5.41) is 7.01. The van der Waals surface area contributed by atoms with E-state index in [-0.39, 0.29) is 11.6 Å². The lowest BCUT2D eigenvalue weighted by Crippen LogP contribution is -2.16. The van der Waals surface area contributed by atoms with Gasteiger partial charge in [0.15, 0.2) is 5.82 Å². The summed E-state index contributed by atoms with van der Waals surface area (Å²) in [5.41, 5.74) is 2.43. The Morgan fingerprint density at radius 2 is 1.86 bits per heavy atom. The molecule has 8 heteroatoms. The minimum atomic E-state index is -4.61. The van der Waals surface area contributed by atoms with Gasteiger partial charge in [0.1, 0.15) is 5.82 Å². The van der Waals surface area contributed by atoms with Gasteiger partial charge in [-0.3, -0.25) is 0 Å². The summed E-state index contributed by atoms with van der Waals surface area (Å²) in [7, 11) is 0. The maximum Gasteiger partial charge on any atom is 0.451 e. The third-order valence-corrected chi connectivity index (χ3v) is 3.19. The number of anilines is 1. The summed E-state index contributed by atoms with van der Waals surface area (Å²) in [6.07, 6.45) is -4.61. The van der Waals surface area contributed by atoms with E-state index in [1.54, 1.807) is 20.8 Å². The van der Waals surface area contributed by atoms with Crippen LogP contribution in [0.15, 0.2) is 6.07 Å². The van der Waals surface area contributed by atoms with Gasteiger partial charge >= 0.3 is 6.18 Å². The average Bonchev–Trinajstić information content (AvgIpc) is 2.66. The molecule has 0 aliphatic heterocycles. The first-order valence-electron chi connectivity index (χ1n) is 6.47. The topological polar surface area (TPSA) is 55.6 Å². The van der Waals surface area contributed by atoms with Crippen LogP contribution in [0.1, 0.15) is 29.7 Å². The zero-order valence-electron chi connectivity index (χ0n) is 12.2. The van der Waals surface area contributed by atoms with Crippen molar-refractivity contribution in [2.24, 2.45) is 0 Å². The molecule has 0 aliphatic rings. The number of rotatable bonds is 3. The van der Waals surface area contributed by atoms with Crippen LogP contribution in [0.2, 0.25) is 0 Å². The average molecular weight is 299 g/mol. The first kappa shape index (κ1) is 15.3. The lowest BCUT2D eigenvalue weighted by molar-refractivity contribution is -0.144. The SMILES string of the molecule is CCNc1cc(-n2nc(C)c(C)c2C)nc(C(F)(F)F)n1. The highest BCUT2D eigenvalue weighted by Crippen LogP contribution is 2.28. The van der Waals surface area contributed by atoms with Gasteiger partial charge in [-0.05, 0) is 33.3 Å². The second-order valence-electron chi connectivity index (χ2n) is 4.67. The molecule has 21 heavy (non-hydrogen) atoms. The van der Waals surface area contributed by atoms with E-state index in [2.05, 4.69) is 20.4 Å². The summed E-state index contributed by atoms with van der Waals surface area (Å²) >= 11 is 0. The van der Waals surface area contributed by atoms with Gasteiger partial charge in [0.05, 0.1) is 5.69 Å². The van der Waals surface area contributed by atoms with Gasteiger partial charge in [-0.1, -0.05) is 0 Å². The van der Waals surface area contributed by atoms with Crippen LogP contribution in [0.25, 0.3) is 5.82 Å². The minimum absolute atomic E-state index is 0.0991. The van der Waals surface area contributed by atoms with Crippen molar-refractivity contribution >= 4 is 5.82 Å². The maximum atomic E-state index is 12.9. The smallest absolute Gasteiger partial charge is 0.370 e. The summed E-state index contributed by atoms with van der Waals surface area (Å²) in [6, 6.07) is 1.46. The van der Waals surface area contributed by atoms with Crippen molar-refractivity contribution in [3.8, 4) is 5.82 Å². The normalized spacial score (nSPS) is 11.8. The second-order valence-corrected chi connectivity index (χ2v) is 4.67. The van der Waals surface area contributed by atoms with Crippen LogP contribution in [-0.4, -0.2) is 26.3 Å². The fourth-order valence-electron chi connectivity index (χ4n) is 1.89. The lowest BCUT2D eigenvalue weighted by atomic mass is 10.2. The Hall–Kier alpha value is -2.12. The van der Waals surface area contributed by atoms with Crippen molar-refractivity contribution in [1.29, 1.82) is 0 Å². The number of hydrogen-bond donors (Lipinski definition) is 1. The highest BCUT2D eigenvalue weighted by Gasteiger charge is 2.35. The number of alkyl halides is 3. The highest BCUT2D eigenvalue weighted by molar-refractivity contribution is 5.43. The molecule has 1 N–H and O–H groups in total. The van der Waals surface area contributed by atoms with Crippen LogP contribution in [0.3, 0.4) is 0 Å². The molecule has 0 atom stereocenters. The van der Waals surface area contributed by atoms with Gasteiger partial charge in [-0.25, -0.2) is 14.6 Å². The number of nitrogens with zero attached hydrogens (tertiary/aromatic N) is 4. The largest absolute Gasteiger partial charge is 0.451 e. The summed E-state index contributed by atoms with van der Waals surface area (Å²) in [6.45, 7) is 7.70. The fourth-order valence-corrected chi connectivity index (χ4v) is 1.89. The zero-order valence-corrected chi connectivity index (χ0v) is 12.2. The standard InChI is InChI=1S/C13H16F3N5/c1-5-17-10-6-11(19-12(18-10)13(14,15)16)21-9(4)7(2)8(3)20-21/h6H,5H2,1-4H3,(H,17,18,19). The molecular weight excluding hydrogens is 283 g/mol. The molecule has 0 unspecified atom stereocenters. The molecule has 114 valence electrons. The van der Waals surface area contributed by atoms with Crippen LogP contribution in [0, 0.1) is 20.8 Å². The Morgan fingerprint density at radius 1 is 1.19 bits per heavy atom. The lowest BCUT2D eigenvalue weighted by Gasteiger charge is -2.11. The molecule has 0 aromatic carbocycles. The van der Waals surface area contributed by atoms with E-state index in [4.69, 9.17) is 0 Å². The fraction of sp³-hybridized carbons (Fsp3) is 0.462. The Labute approximate surface area is 120 Å². The number of hydrogen-bond acceptors (Lipinski definition) is 4. The van der Waals surface area contributed by atoms with E-state index < -0.39 is 12.0 Å². The zero-order chi connectivity index (χ0) is 15.8. The van der Waals surface area contributed by atoms with E-state index in [0.717, 1.165) is 17.0 Å². The van der Waals surface area contributed by atoms with Crippen molar-refractivity contribution in [3.63, 3.8) is 0 Å². The van der Waals surface area contributed by atoms with E-state index in [9.17, 15) is 13.2 Å². The Bertz CT molecular complexity index is 661. The summed E-state index contributed by atoms with van der Waals surface area (Å²) in [4.78, 5) is 7.09. The number of aromatic nitrogens is 4. The molecule has 2 rings (SSSR count). The molecule has 0 amide bonds. The van der Waals surface area contributed by atoms with Gasteiger partial charge in [0.2, 0.25) is 5.82 Å². The van der Waals surface area contributed by atoms with Crippen LogP contribution < -0.4 is 5.32 Å². The van der Waals surface area contributed by atoms with Gasteiger partial charge in [-0.15, -0.1) is 0 Å². The summed E-state index contributed by atoms with van der Waals surface area (Å²) < 4.78 is 40.1. The van der Waals surface area contributed by atoms with E-state index in [1.165, 1.54) is 10.7 Å². The van der Waals surface area contributed by atoms with Gasteiger partial charge in [0.25, 0.3) is 0 Å². The quantitative estimate of drug-likeness (QED) is 0.946. The van der Waals surface area contributed by atoms with Crippen molar-refractivity contribution in [3.05, 3.63) is 28.8 Å². The molecule has 0 fully saturated rings. The molecule has 0 saturated carbocycles. The van der Waals surface area contributed by atoms with Crippen molar-refractivity contribution in [1.82, 2.24) is 19.7 Å². The molecule has 0 spiro atoms. The Kier molecular flexibility index (Phi) is 3.89. The predicted octanol–water partition coefficient (Wildman–Crippen LogP) is 3.04. The number of halogens is 3. The highest BCUT2D eigenvalue weighted by atomic mass is 19.4. The molecule has 2 aromatic heterocycles. The van der Waals surface area contributed by atoms with Crippen molar-refractivity contribution in [2.45, 2.75) is 33.9 Å². The van der Waals surface area contributed by atoms with Crippen LogP contribution >= 0.6 is 0 Å². The van der Waals surface area contributed by atoms with Crippen LogP contribution in [0.4, 0.5) is 19.0 Å². The minimum Gasteiger partial charge on any atom is -0.370 e. The molecule has 0 aliphatic carbocycles. The first-order valence-corrected chi connectivity index (χ1v) is 6.47. The van der Waals surface area contributed by atoms with E-state index in [1.807, 2.05) is 6.92 Å². The second kappa shape index (κ2) is 5.34. The molecule has 5 nitrogen and oxygen atoms in total. The van der Waals surface area contributed by atoms with Crippen LogP contribution in [-0.2, 0) is 6.18 Å². The van der Waals surface area contributed by atoms with E-state index >= 15 is 0 Å². The molecule has 0 radical (unpaired) electrons. The van der Waals surface area contributed by atoms with Gasteiger partial charge in [0, 0.05) is 18.3 Å². The third kappa shape index (κ3) is 2.98. The molecule has 2 heterocycles. The predicted molar refractivity (Wildman–Crippen MR) is 72.5 cm³/mol. The number of nitrogens with one attached hydrogen (secondary N) is 1. The molecule has 0 bridgehead atoms. The number of aryl methyl sites for hydroxylation is 1.